The maximum atomic E-state index is 12.6. The molecular weight excluding hydrogens is 351 g/mol. The molecule has 3 aliphatic rings. The van der Waals surface area contributed by atoms with E-state index in [4.69, 9.17) is 23.2 Å². The minimum Gasteiger partial charge on any atom is -0.323 e. The van der Waals surface area contributed by atoms with Gasteiger partial charge in [-0.3, -0.25) is 19.3 Å². The van der Waals surface area contributed by atoms with Crippen molar-refractivity contribution < 1.29 is 14.4 Å². The molecule has 4 rings (SSSR count). The van der Waals surface area contributed by atoms with Crippen LogP contribution >= 0.6 is 23.2 Å². The van der Waals surface area contributed by atoms with Gasteiger partial charge in [-0.25, -0.2) is 0 Å². The van der Waals surface area contributed by atoms with Crippen molar-refractivity contribution >= 4 is 46.6 Å². The Morgan fingerprint density at radius 2 is 1.75 bits per heavy atom. The van der Waals surface area contributed by atoms with E-state index in [-0.39, 0.29) is 30.2 Å². The first-order valence-corrected chi connectivity index (χ1v) is 8.81. The number of hydrogen-bond acceptors (Lipinski definition) is 3. The molecule has 24 heavy (non-hydrogen) atoms. The molecule has 0 spiro atoms. The summed E-state index contributed by atoms with van der Waals surface area (Å²) in [5.41, 5.74) is 0.369. The third kappa shape index (κ3) is 2.42. The largest absolute Gasteiger partial charge is 0.323 e. The summed E-state index contributed by atoms with van der Waals surface area (Å²) in [6.45, 7) is -0.271. The number of fused-ring (bicyclic) bond motifs is 5. The Balaban J connectivity index is 1.47. The maximum absolute atomic E-state index is 12.6. The van der Waals surface area contributed by atoms with Crippen molar-refractivity contribution in [3.8, 4) is 0 Å². The quantitative estimate of drug-likeness (QED) is 0.836. The van der Waals surface area contributed by atoms with Gasteiger partial charge in [-0.1, -0.05) is 23.2 Å². The second kappa shape index (κ2) is 5.74. The molecule has 1 aliphatic heterocycles. The molecule has 2 saturated carbocycles. The minimum absolute atomic E-state index is 0.190. The molecule has 1 N–H and O–H groups in total. The smallest absolute Gasteiger partial charge is 0.244 e. The number of nitrogens with zero attached hydrogens (tertiary/aromatic N) is 1. The Labute approximate surface area is 149 Å². The highest BCUT2D eigenvalue weighted by Crippen LogP contribution is 2.56. The third-order valence-electron chi connectivity index (χ3n) is 5.52. The first-order valence-electron chi connectivity index (χ1n) is 8.06. The van der Waals surface area contributed by atoms with E-state index in [0.717, 1.165) is 24.2 Å². The SMILES string of the molecule is O=C(CN1C(=O)[C@H]2[C@@H]3CC[C@@H](C3)[C@@H]2C1=O)Nc1cc(Cl)ccc1Cl. The van der Waals surface area contributed by atoms with Gasteiger partial charge < -0.3 is 5.32 Å². The zero-order valence-electron chi connectivity index (χ0n) is 12.8. The van der Waals surface area contributed by atoms with E-state index in [1.165, 1.54) is 6.07 Å². The van der Waals surface area contributed by atoms with Gasteiger partial charge in [0.2, 0.25) is 17.7 Å². The molecule has 1 aromatic rings. The van der Waals surface area contributed by atoms with E-state index >= 15 is 0 Å². The molecular formula is C17H16Cl2N2O3. The van der Waals surface area contributed by atoms with Crippen molar-refractivity contribution in [2.75, 3.05) is 11.9 Å². The summed E-state index contributed by atoms with van der Waals surface area (Å²) in [7, 11) is 0. The Morgan fingerprint density at radius 3 is 2.38 bits per heavy atom. The van der Waals surface area contributed by atoms with Crippen LogP contribution < -0.4 is 5.32 Å². The van der Waals surface area contributed by atoms with Crippen LogP contribution in [0.2, 0.25) is 10.0 Å². The van der Waals surface area contributed by atoms with Gasteiger partial charge >= 0.3 is 0 Å². The zero-order chi connectivity index (χ0) is 17.0. The fourth-order valence-corrected chi connectivity index (χ4v) is 4.89. The van der Waals surface area contributed by atoms with Crippen LogP contribution in [0.5, 0.6) is 0 Å². The second-order valence-corrected chi connectivity index (χ2v) is 7.66. The summed E-state index contributed by atoms with van der Waals surface area (Å²) in [6, 6.07) is 4.72. The van der Waals surface area contributed by atoms with Gasteiger partial charge in [0, 0.05) is 5.02 Å². The molecule has 0 radical (unpaired) electrons. The number of anilines is 1. The lowest BCUT2D eigenvalue weighted by molar-refractivity contribution is -0.143. The van der Waals surface area contributed by atoms with Gasteiger partial charge in [0.15, 0.2) is 0 Å². The lowest BCUT2D eigenvalue weighted by Crippen LogP contribution is -2.39. The molecule has 5 nitrogen and oxygen atoms in total. The first kappa shape index (κ1) is 15.9. The van der Waals surface area contributed by atoms with E-state index in [0.29, 0.717) is 27.6 Å². The van der Waals surface area contributed by atoms with Crippen LogP contribution in [-0.2, 0) is 14.4 Å². The number of carbonyl (C=O) groups excluding carboxylic acids is 3. The first-order chi connectivity index (χ1) is 11.5. The lowest BCUT2D eigenvalue weighted by Gasteiger charge is -2.19. The molecule has 3 amide bonds. The summed E-state index contributed by atoms with van der Waals surface area (Å²) < 4.78 is 0. The van der Waals surface area contributed by atoms with Crippen molar-refractivity contribution in [2.24, 2.45) is 23.7 Å². The van der Waals surface area contributed by atoms with E-state index in [9.17, 15) is 14.4 Å². The van der Waals surface area contributed by atoms with E-state index < -0.39 is 5.91 Å². The van der Waals surface area contributed by atoms with Crippen molar-refractivity contribution in [3.05, 3.63) is 28.2 Å². The van der Waals surface area contributed by atoms with Crippen LogP contribution in [0.15, 0.2) is 18.2 Å². The fourth-order valence-electron chi connectivity index (χ4n) is 4.55. The number of benzene rings is 1. The van der Waals surface area contributed by atoms with Crippen LogP contribution in [0.25, 0.3) is 0 Å². The Kier molecular flexibility index (Phi) is 3.81. The van der Waals surface area contributed by atoms with Crippen LogP contribution in [0.1, 0.15) is 19.3 Å². The number of carbonyl (C=O) groups is 3. The van der Waals surface area contributed by atoms with E-state index in [1.54, 1.807) is 12.1 Å². The molecule has 2 bridgehead atoms. The summed E-state index contributed by atoms with van der Waals surface area (Å²) in [5, 5.41) is 3.41. The monoisotopic (exact) mass is 366 g/mol. The molecule has 0 aromatic heterocycles. The van der Waals surface area contributed by atoms with E-state index in [1.807, 2.05) is 0 Å². The lowest BCUT2D eigenvalue weighted by atomic mass is 9.81. The normalized spacial score (nSPS) is 30.8. The van der Waals surface area contributed by atoms with Crippen LogP contribution in [0.4, 0.5) is 5.69 Å². The number of hydrogen-bond donors (Lipinski definition) is 1. The molecule has 1 saturated heterocycles. The Hall–Kier alpha value is -1.59. The number of amides is 3. The topological polar surface area (TPSA) is 66.5 Å². The van der Waals surface area contributed by atoms with Gasteiger partial charge in [0.05, 0.1) is 22.5 Å². The highest BCUT2D eigenvalue weighted by molar-refractivity contribution is 6.35. The van der Waals surface area contributed by atoms with Crippen molar-refractivity contribution in [2.45, 2.75) is 19.3 Å². The standard InChI is InChI=1S/C17H16Cl2N2O3/c18-10-3-4-11(19)12(6-10)20-13(22)7-21-16(23)14-8-1-2-9(5-8)15(14)17(21)24/h3-4,6,8-9,14-15H,1-2,5,7H2,(H,20,22)/t8-,9+,14-,15-/m0/s1. The molecule has 7 heteroatoms. The molecule has 4 atom stereocenters. The predicted molar refractivity (Wildman–Crippen MR) is 89.6 cm³/mol. The highest BCUT2D eigenvalue weighted by atomic mass is 35.5. The molecule has 3 fully saturated rings. The molecule has 2 aliphatic carbocycles. The Morgan fingerprint density at radius 1 is 1.12 bits per heavy atom. The molecule has 1 heterocycles. The van der Waals surface area contributed by atoms with Gasteiger partial charge in [-0.2, -0.15) is 0 Å². The average molecular weight is 367 g/mol. The minimum atomic E-state index is -0.451. The number of likely N-dealkylation sites (tertiary alicyclic amines) is 1. The van der Waals surface area contributed by atoms with Crippen molar-refractivity contribution in [3.63, 3.8) is 0 Å². The summed E-state index contributed by atoms with van der Waals surface area (Å²) in [5.74, 6) is -0.626. The van der Waals surface area contributed by atoms with Crippen molar-refractivity contribution in [1.29, 1.82) is 0 Å². The number of imide groups is 1. The van der Waals surface area contributed by atoms with Crippen molar-refractivity contribution in [1.82, 2.24) is 4.90 Å². The van der Waals surface area contributed by atoms with Gasteiger partial charge in [0.25, 0.3) is 0 Å². The number of halogens is 2. The van der Waals surface area contributed by atoms with Crippen LogP contribution in [0, 0.1) is 23.7 Å². The van der Waals surface area contributed by atoms with Crippen LogP contribution in [-0.4, -0.2) is 29.2 Å². The number of rotatable bonds is 3. The van der Waals surface area contributed by atoms with Gasteiger partial charge in [-0.05, 0) is 49.3 Å². The predicted octanol–water partition coefficient (Wildman–Crippen LogP) is 2.96. The molecule has 0 unspecified atom stereocenters. The average Bonchev–Trinajstić information content (AvgIpc) is 3.21. The summed E-state index contributed by atoms with van der Waals surface area (Å²) >= 11 is 11.9. The molecule has 1 aromatic carbocycles. The maximum Gasteiger partial charge on any atom is 0.244 e. The van der Waals surface area contributed by atoms with E-state index in [2.05, 4.69) is 5.32 Å². The van der Waals surface area contributed by atoms with Crippen LogP contribution in [0.3, 0.4) is 0 Å². The summed E-state index contributed by atoms with van der Waals surface area (Å²) in [4.78, 5) is 38.5. The van der Waals surface area contributed by atoms with Gasteiger partial charge in [0.1, 0.15) is 6.54 Å². The number of nitrogens with one attached hydrogen (secondary N) is 1. The summed E-state index contributed by atoms with van der Waals surface area (Å²) in [6.07, 6.45) is 3.01. The Bertz CT molecular complexity index is 723. The molecule has 126 valence electrons. The third-order valence-corrected chi connectivity index (χ3v) is 6.09. The highest BCUT2D eigenvalue weighted by Gasteiger charge is 2.60. The second-order valence-electron chi connectivity index (χ2n) is 6.82. The fraction of sp³-hybridized carbons (Fsp3) is 0.471. The van der Waals surface area contributed by atoms with Gasteiger partial charge in [-0.15, -0.1) is 0 Å². The zero-order valence-corrected chi connectivity index (χ0v) is 14.3.